The van der Waals surface area contributed by atoms with Crippen LogP contribution in [0.1, 0.15) is 36.3 Å². The van der Waals surface area contributed by atoms with E-state index >= 15 is 0 Å². The lowest BCUT2D eigenvalue weighted by Crippen LogP contribution is -2.49. The molecule has 2 aliphatic rings. The number of rotatable bonds is 5. The second-order valence-corrected chi connectivity index (χ2v) is 7.31. The molecule has 2 saturated heterocycles. The average molecular weight is 476 g/mol. The Labute approximate surface area is 174 Å². The molecule has 1 aromatic heterocycles. The predicted molar refractivity (Wildman–Crippen MR) is 115 cm³/mol. The maximum absolute atomic E-state index is 5.58. The van der Waals surface area contributed by atoms with E-state index < -0.39 is 0 Å². The molecule has 2 aliphatic heterocycles. The van der Waals surface area contributed by atoms with Gasteiger partial charge < -0.3 is 24.7 Å². The molecule has 0 spiro atoms. The molecule has 3 rings (SSSR count). The monoisotopic (exact) mass is 476 g/mol. The maximum atomic E-state index is 5.58. The normalized spacial score (nSPS) is 22.3. The minimum Gasteiger partial charge on any atom is -0.466 e. The largest absolute Gasteiger partial charge is 0.466 e. The lowest BCUT2D eigenvalue weighted by atomic mass is 10.0. The molecular weight excluding hydrogens is 443 g/mol. The second-order valence-electron chi connectivity index (χ2n) is 7.31. The van der Waals surface area contributed by atoms with Crippen molar-refractivity contribution in [3.63, 3.8) is 0 Å². The van der Waals surface area contributed by atoms with Crippen LogP contribution in [0, 0.1) is 19.8 Å². The van der Waals surface area contributed by atoms with Gasteiger partial charge in [0.1, 0.15) is 11.5 Å². The van der Waals surface area contributed by atoms with Gasteiger partial charge in [0.25, 0.3) is 0 Å². The number of aryl methyl sites for hydroxylation is 2. The van der Waals surface area contributed by atoms with Gasteiger partial charge in [-0.15, -0.1) is 24.0 Å². The molecular formula is C19H33IN4O2. The molecule has 0 saturated carbocycles. The van der Waals surface area contributed by atoms with E-state index in [1.165, 1.54) is 18.5 Å². The number of furan rings is 1. The van der Waals surface area contributed by atoms with Crippen molar-refractivity contribution in [3.8, 4) is 0 Å². The third-order valence-corrected chi connectivity index (χ3v) is 5.28. The third-order valence-electron chi connectivity index (χ3n) is 5.28. The summed E-state index contributed by atoms with van der Waals surface area (Å²) >= 11 is 0. The Morgan fingerprint density at radius 3 is 2.62 bits per heavy atom. The lowest BCUT2D eigenvalue weighted by Gasteiger charge is -2.34. The van der Waals surface area contributed by atoms with Gasteiger partial charge in [-0.1, -0.05) is 0 Å². The highest BCUT2D eigenvalue weighted by Crippen LogP contribution is 2.18. The van der Waals surface area contributed by atoms with E-state index in [2.05, 4.69) is 26.6 Å². The fourth-order valence-corrected chi connectivity index (χ4v) is 3.78. The number of guanidine groups is 1. The van der Waals surface area contributed by atoms with Crippen LogP contribution in [0.5, 0.6) is 0 Å². The summed E-state index contributed by atoms with van der Waals surface area (Å²) < 4.78 is 11.1. The molecule has 0 aliphatic carbocycles. The van der Waals surface area contributed by atoms with E-state index in [1.54, 1.807) is 0 Å². The zero-order valence-electron chi connectivity index (χ0n) is 16.2. The quantitative estimate of drug-likeness (QED) is 0.389. The highest BCUT2D eigenvalue weighted by molar-refractivity contribution is 14.0. The Morgan fingerprint density at radius 1 is 1.27 bits per heavy atom. The standard InChI is InChI=1S/C19H32N4O2.HI/c1-14-10-17(15(2)25-14)11-21-19(20-3)22-18-4-7-23(8-5-18)12-16-6-9-24-13-16;/h10,16,18H,4-9,11-13H2,1-3H3,(H2,20,21,22);1H. The van der Waals surface area contributed by atoms with E-state index in [9.17, 15) is 0 Å². The summed E-state index contributed by atoms with van der Waals surface area (Å²) in [5.41, 5.74) is 1.19. The van der Waals surface area contributed by atoms with Crippen LogP contribution in [0.25, 0.3) is 0 Å². The van der Waals surface area contributed by atoms with Crippen molar-refractivity contribution in [1.82, 2.24) is 15.5 Å². The van der Waals surface area contributed by atoms with Crippen molar-refractivity contribution in [2.24, 2.45) is 10.9 Å². The third kappa shape index (κ3) is 6.13. The fraction of sp³-hybridized carbons (Fsp3) is 0.737. The SMILES string of the molecule is CN=C(NCc1cc(C)oc1C)NC1CCN(CC2CCOC2)CC1.I. The minimum atomic E-state index is 0. The first-order chi connectivity index (χ1) is 12.1. The molecule has 2 N–H and O–H groups in total. The number of piperidine rings is 1. The summed E-state index contributed by atoms with van der Waals surface area (Å²) in [6, 6.07) is 2.58. The Bertz CT molecular complexity index is 576. The summed E-state index contributed by atoms with van der Waals surface area (Å²) in [6.07, 6.45) is 3.55. The van der Waals surface area contributed by atoms with Crippen LogP contribution in [0.4, 0.5) is 0 Å². The molecule has 7 heteroatoms. The Hall–Kier alpha value is -0.800. The molecule has 0 bridgehead atoms. The first-order valence-electron chi connectivity index (χ1n) is 9.47. The molecule has 0 amide bonds. The molecule has 6 nitrogen and oxygen atoms in total. The van der Waals surface area contributed by atoms with Gasteiger partial charge in [0, 0.05) is 51.4 Å². The van der Waals surface area contributed by atoms with Gasteiger partial charge in [0.2, 0.25) is 0 Å². The Balaban J connectivity index is 0.00000243. The highest BCUT2D eigenvalue weighted by Gasteiger charge is 2.24. The van der Waals surface area contributed by atoms with Crippen molar-refractivity contribution in [3.05, 3.63) is 23.2 Å². The lowest BCUT2D eigenvalue weighted by molar-refractivity contribution is 0.150. The molecule has 148 valence electrons. The Morgan fingerprint density at radius 2 is 2.04 bits per heavy atom. The van der Waals surface area contributed by atoms with Crippen LogP contribution in [0.2, 0.25) is 0 Å². The number of hydrogen-bond donors (Lipinski definition) is 2. The van der Waals surface area contributed by atoms with Gasteiger partial charge in [-0.25, -0.2) is 0 Å². The van der Waals surface area contributed by atoms with Crippen LogP contribution in [0.15, 0.2) is 15.5 Å². The smallest absolute Gasteiger partial charge is 0.191 e. The highest BCUT2D eigenvalue weighted by atomic mass is 127. The Kier molecular flexibility index (Phi) is 8.69. The number of nitrogens with zero attached hydrogens (tertiary/aromatic N) is 2. The van der Waals surface area contributed by atoms with E-state index in [-0.39, 0.29) is 24.0 Å². The van der Waals surface area contributed by atoms with Crippen molar-refractivity contribution in [1.29, 1.82) is 0 Å². The van der Waals surface area contributed by atoms with Gasteiger partial charge in [0.05, 0.1) is 6.61 Å². The van der Waals surface area contributed by atoms with Crippen LogP contribution >= 0.6 is 24.0 Å². The van der Waals surface area contributed by atoms with Crippen molar-refractivity contribution in [2.45, 2.75) is 45.7 Å². The first-order valence-corrected chi connectivity index (χ1v) is 9.47. The number of likely N-dealkylation sites (tertiary alicyclic amines) is 1. The van der Waals surface area contributed by atoms with Crippen molar-refractivity contribution >= 4 is 29.9 Å². The number of aliphatic imine (C=N–C) groups is 1. The minimum absolute atomic E-state index is 0. The number of nitrogens with one attached hydrogen (secondary N) is 2. The van der Waals surface area contributed by atoms with Gasteiger partial charge in [0.15, 0.2) is 5.96 Å². The molecule has 26 heavy (non-hydrogen) atoms. The maximum Gasteiger partial charge on any atom is 0.191 e. The summed E-state index contributed by atoms with van der Waals surface area (Å²) in [5.74, 6) is 3.54. The summed E-state index contributed by atoms with van der Waals surface area (Å²) in [6.45, 7) is 10.1. The molecule has 3 heterocycles. The summed E-state index contributed by atoms with van der Waals surface area (Å²) in [5, 5.41) is 6.98. The zero-order chi connectivity index (χ0) is 17.6. The number of ether oxygens (including phenoxy) is 1. The second kappa shape index (κ2) is 10.5. The van der Waals surface area contributed by atoms with Crippen molar-refractivity contribution < 1.29 is 9.15 Å². The number of halogens is 1. The topological polar surface area (TPSA) is 62.0 Å². The first kappa shape index (κ1) is 21.5. The van der Waals surface area contributed by atoms with Gasteiger partial charge in [-0.3, -0.25) is 4.99 Å². The molecule has 2 fully saturated rings. The van der Waals surface area contributed by atoms with Crippen LogP contribution < -0.4 is 10.6 Å². The average Bonchev–Trinajstić information content (AvgIpc) is 3.22. The van der Waals surface area contributed by atoms with Crippen LogP contribution in [-0.4, -0.2) is 56.8 Å². The molecule has 0 aromatic carbocycles. The summed E-state index contributed by atoms with van der Waals surface area (Å²) in [7, 11) is 1.83. The zero-order valence-corrected chi connectivity index (χ0v) is 18.5. The summed E-state index contributed by atoms with van der Waals surface area (Å²) in [4.78, 5) is 6.96. The fourth-order valence-electron chi connectivity index (χ4n) is 3.78. The molecule has 0 radical (unpaired) electrons. The molecule has 1 aromatic rings. The molecule has 1 unspecified atom stereocenters. The van der Waals surface area contributed by atoms with Gasteiger partial charge >= 0.3 is 0 Å². The molecule has 1 atom stereocenters. The van der Waals surface area contributed by atoms with Gasteiger partial charge in [-0.2, -0.15) is 0 Å². The number of hydrogen-bond acceptors (Lipinski definition) is 4. The van der Waals surface area contributed by atoms with E-state index in [0.29, 0.717) is 6.04 Å². The van der Waals surface area contributed by atoms with Gasteiger partial charge in [-0.05, 0) is 45.1 Å². The van der Waals surface area contributed by atoms with E-state index in [1.807, 2.05) is 20.9 Å². The predicted octanol–water partition coefficient (Wildman–Crippen LogP) is 2.68. The van der Waals surface area contributed by atoms with Crippen LogP contribution in [0.3, 0.4) is 0 Å². The van der Waals surface area contributed by atoms with Crippen molar-refractivity contribution in [2.75, 3.05) is 39.9 Å². The van der Waals surface area contributed by atoms with E-state index in [0.717, 1.165) is 69.1 Å². The van der Waals surface area contributed by atoms with E-state index in [4.69, 9.17) is 9.15 Å². The van der Waals surface area contributed by atoms with Crippen LogP contribution in [-0.2, 0) is 11.3 Å².